The lowest BCUT2D eigenvalue weighted by molar-refractivity contribution is 0.0703. The third-order valence-corrected chi connectivity index (χ3v) is 2.92. The second kappa shape index (κ2) is 4.80. The highest BCUT2D eigenvalue weighted by Gasteiger charge is 2.22. The second-order valence-electron chi connectivity index (χ2n) is 4.02. The van der Waals surface area contributed by atoms with E-state index < -0.39 is 0 Å². The van der Waals surface area contributed by atoms with E-state index in [-0.39, 0.29) is 11.9 Å². The first-order chi connectivity index (χ1) is 7.66. The fourth-order valence-electron chi connectivity index (χ4n) is 1.86. The van der Waals surface area contributed by atoms with Crippen LogP contribution >= 0.6 is 11.6 Å². The van der Waals surface area contributed by atoms with Gasteiger partial charge in [-0.05, 0) is 25.0 Å². The van der Waals surface area contributed by atoms with E-state index in [2.05, 4.69) is 4.98 Å². The van der Waals surface area contributed by atoms with Gasteiger partial charge >= 0.3 is 0 Å². The molecule has 1 amide bonds. The average molecular weight is 240 g/mol. The summed E-state index contributed by atoms with van der Waals surface area (Å²) in [5, 5.41) is 0.534. The smallest absolute Gasteiger partial charge is 0.272 e. The van der Waals surface area contributed by atoms with Crippen LogP contribution < -0.4 is 5.73 Å². The van der Waals surface area contributed by atoms with E-state index in [1.807, 2.05) is 0 Å². The van der Waals surface area contributed by atoms with Crippen LogP contribution in [0.4, 0.5) is 0 Å². The molecule has 0 aliphatic carbocycles. The number of aromatic nitrogens is 1. The number of piperidine rings is 1. The first kappa shape index (κ1) is 11.4. The van der Waals surface area contributed by atoms with Crippen LogP contribution in [0.1, 0.15) is 23.3 Å². The molecule has 16 heavy (non-hydrogen) atoms. The summed E-state index contributed by atoms with van der Waals surface area (Å²) in [6.07, 6.45) is 3.43. The summed E-state index contributed by atoms with van der Waals surface area (Å²) in [4.78, 5) is 17.8. The Morgan fingerprint density at radius 2 is 2.38 bits per heavy atom. The van der Waals surface area contributed by atoms with Gasteiger partial charge in [0.25, 0.3) is 5.91 Å². The molecule has 1 aliphatic rings. The molecule has 1 saturated heterocycles. The van der Waals surface area contributed by atoms with E-state index in [4.69, 9.17) is 17.3 Å². The standard InChI is InChI=1S/C11H14ClN3O/c12-8-3-4-10(14-6-8)11(16)15-5-1-2-9(13)7-15/h3-4,6,9H,1-2,5,7,13H2/t9-/m1/s1. The number of rotatable bonds is 1. The minimum atomic E-state index is -0.0631. The topological polar surface area (TPSA) is 59.2 Å². The number of nitrogens with zero attached hydrogens (tertiary/aromatic N) is 2. The van der Waals surface area contributed by atoms with Gasteiger partial charge in [-0.1, -0.05) is 11.6 Å². The number of halogens is 1. The van der Waals surface area contributed by atoms with Crippen molar-refractivity contribution >= 4 is 17.5 Å². The molecule has 1 fully saturated rings. The number of carbonyl (C=O) groups is 1. The van der Waals surface area contributed by atoms with Crippen molar-refractivity contribution in [2.75, 3.05) is 13.1 Å². The lowest BCUT2D eigenvalue weighted by atomic mass is 10.1. The van der Waals surface area contributed by atoms with Crippen LogP contribution in [0.15, 0.2) is 18.3 Å². The zero-order valence-electron chi connectivity index (χ0n) is 8.90. The fraction of sp³-hybridized carbons (Fsp3) is 0.455. The average Bonchev–Trinajstić information content (AvgIpc) is 2.29. The van der Waals surface area contributed by atoms with E-state index in [1.54, 1.807) is 17.0 Å². The van der Waals surface area contributed by atoms with Crippen molar-refractivity contribution in [3.8, 4) is 0 Å². The van der Waals surface area contributed by atoms with Gasteiger partial charge in [-0.2, -0.15) is 0 Å². The number of hydrogen-bond acceptors (Lipinski definition) is 3. The zero-order valence-corrected chi connectivity index (χ0v) is 9.65. The van der Waals surface area contributed by atoms with Gasteiger partial charge in [-0.3, -0.25) is 4.79 Å². The van der Waals surface area contributed by atoms with Crippen molar-refractivity contribution in [1.29, 1.82) is 0 Å². The Morgan fingerprint density at radius 3 is 3.00 bits per heavy atom. The molecule has 0 aromatic carbocycles. The maximum atomic E-state index is 12.0. The maximum Gasteiger partial charge on any atom is 0.272 e. The van der Waals surface area contributed by atoms with Crippen LogP contribution in [-0.2, 0) is 0 Å². The van der Waals surface area contributed by atoms with Crippen molar-refractivity contribution in [1.82, 2.24) is 9.88 Å². The summed E-state index contributed by atoms with van der Waals surface area (Å²) in [6.45, 7) is 1.37. The summed E-state index contributed by atoms with van der Waals surface area (Å²) in [5.41, 5.74) is 6.26. The Kier molecular flexibility index (Phi) is 3.41. The molecule has 2 heterocycles. The maximum absolute atomic E-state index is 12.0. The van der Waals surface area contributed by atoms with Crippen LogP contribution in [-0.4, -0.2) is 34.9 Å². The molecule has 0 radical (unpaired) electrons. The van der Waals surface area contributed by atoms with Crippen LogP contribution in [0, 0.1) is 0 Å². The first-order valence-corrected chi connectivity index (χ1v) is 5.71. The zero-order chi connectivity index (χ0) is 11.5. The minimum absolute atomic E-state index is 0.0631. The predicted molar refractivity (Wildman–Crippen MR) is 62.4 cm³/mol. The summed E-state index contributed by atoms with van der Waals surface area (Å²) in [5.74, 6) is -0.0631. The van der Waals surface area contributed by atoms with E-state index in [9.17, 15) is 4.79 Å². The molecule has 4 nitrogen and oxygen atoms in total. The molecule has 0 saturated carbocycles. The van der Waals surface area contributed by atoms with Gasteiger partial charge in [0.1, 0.15) is 5.69 Å². The number of amides is 1. The van der Waals surface area contributed by atoms with Crippen molar-refractivity contribution in [3.63, 3.8) is 0 Å². The van der Waals surface area contributed by atoms with Gasteiger partial charge in [-0.15, -0.1) is 0 Å². The predicted octanol–water partition coefficient (Wildman–Crippen LogP) is 1.30. The molecular weight excluding hydrogens is 226 g/mol. The highest BCUT2D eigenvalue weighted by molar-refractivity contribution is 6.30. The number of carbonyl (C=O) groups excluding carboxylic acids is 1. The Balaban J connectivity index is 2.09. The van der Waals surface area contributed by atoms with E-state index in [0.717, 1.165) is 19.4 Å². The van der Waals surface area contributed by atoms with Gasteiger partial charge in [0.15, 0.2) is 0 Å². The second-order valence-corrected chi connectivity index (χ2v) is 4.45. The summed E-state index contributed by atoms with van der Waals surface area (Å²) < 4.78 is 0. The molecule has 1 atom stereocenters. The molecule has 2 N–H and O–H groups in total. The number of likely N-dealkylation sites (tertiary alicyclic amines) is 1. The van der Waals surface area contributed by atoms with Crippen LogP contribution in [0.25, 0.3) is 0 Å². The van der Waals surface area contributed by atoms with Crippen molar-refractivity contribution in [2.24, 2.45) is 5.73 Å². The monoisotopic (exact) mass is 239 g/mol. The quantitative estimate of drug-likeness (QED) is 0.804. The van der Waals surface area contributed by atoms with Crippen molar-refractivity contribution < 1.29 is 4.79 Å². The van der Waals surface area contributed by atoms with E-state index in [1.165, 1.54) is 6.20 Å². The Morgan fingerprint density at radius 1 is 1.56 bits per heavy atom. The molecule has 0 unspecified atom stereocenters. The molecule has 5 heteroatoms. The number of pyridine rings is 1. The fourth-order valence-corrected chi connectivity index (χ4v) is 1.97. The highest BCUT2D eigenvalue weighted by atomic mass is 35.5. The number of nitrogens with two attached hydrogens (primary N) is 1. The van der Waals surface area contributed by atoms with Crippen molar-refractivity contribution in [3.05, 3.63) is 29.0 Å². The number of hydrogen-bond donors (Lipinski definition) is 1. The van der Waals surface area contributed by atoms with Crippen LogP contribution in [0.3, 0.4) is 0 Å². The Bertz CT molecular complexity index is 379. The molecule has 0 spiro atoms. The first-order valence-electron chi connectivity index (χ1n) is 5.33. The SMILES string of the molecule is N[C@@H]1CCCN(C(=O)c2ccc(Cl)cn2)C1. The third-order valence-electron chi connectivity index (χ3n) is 2.69. The summed E-state index contributed by atoms with van der Waals surface area (Å²) in [6, 6.07) is 3.40. The Labute approximate surface area is 99.4 Å². The molecule has 86 valence electrons. The molecule has 0 bridgehead atoms. The summed E-state index contributed by atoms with van der Waals surface area (Å²) >= 11 is 5.72. The lowest BCUT2D eigenvalue weighted by Gasteiger charge is -2.30. The van der Waals surface area contributed by atoms with Crippen LogP contribution in [0.2, 0.25) is 5.02 Å². The molecule has 1 aromatic rings. The van der Waals surface area contributed by atoms with Gasteiger partial charge in [0, 0.05) is 25.3 Å². The molecule has 1 aliphatic heterocycles. The van der Waals surface area contributed by atoms with Gasteiger partial charge in [0.05, 0.1) is 5.02 Å². The van der Waals surface area contributed by atoms with Gasteiger partial charge in [0.2, 0.25) is 0 Å². The van der Waals surface area contributed by atoms with E-state index >= 15 is 0 Å². The third kappa shape index (κ3) is 2.51. The van der Waals surface area contributed by atoms with Gasteiger partial charge < -0.3 is 10.6 Å². The van der Waals surface area contributed by atoms with E-state index in [0.29, 0.717) is 17.3 Å². The molecular formula is C11H14ClN3O. The Hall–Kier alpha value is -1.13. The van der Waals surface area contributed by atoms with Gasteiger partial charge in [-0.25, -0.2) is 4.98 Å². The summed E-state index contributed by atoms with van der Waals surface area (Å²) in [7, 11) is 0. The highest BCUT2D eigenvalue weighted by Crippen LogP contribution is 2.13. The molecule has 1 aromatic heterocycles. The largest absolute Gasteiger partial charge is 0.336 e. The lowest BCUT2D eigenvalue weighted by Crippen LogP contribution is -2.45. The van der Waals surface area contributed by atoms with Crippen LogP contribution in [0.5, 0.6) is 0 Å². The normalized spacial score (nSPS) is 20.9. The van der Waals surface area contributed by atoms with Crippen molar-refractivity contribution in [2.45, 2.75) is 18.9 Å². The molecule has 2 rings (SSSR count). The minimum Gasteiger partial charge on any atom is -0.336 e.